The van der Waals surface area contributed by atoms with Gasteiger partial charge in [-0.3, -0.25) is 14.4 Å². The lowest BCUT2D eigenvalue weighted by Gasteiger charge is -2.24. The highest BCUT2D eigenvalue weighted by Gasteiger charge is 2.31. The minimum atomic E-state index is -1.05. The van der Waals surface area contributed by atoms with E-state index in [1.165, 1.54) is 6.92 Å². The van der Waals surface area contributed by atoms with Gasteiger partial charge in [0.2, 0.25) is 0 Å². The molecule has 1 atom stereocenters. The van der Waals surface area contributed by atoms with Gasteiger partial charge in [-0.1, -0.05) is 30.3 Å². The van der Waals surface area contributed by atoms with E-state index >= 15 is 0 Å². The molecule has 0 spiro atoms. The van der Waals surface area contributed by atoms with Crippen LogP contribution in [0.1, 0.15) is 57.5 Å². The number of Topliss-reactive ketones (excluding diaryl/α,β-unsaturated/α-hetero) is 1. The van der Waals surface area contributed by atoms with Crippen LogP contribution in [-0.2, 0) is 19.0 Å². The van der Waals surface area contributed by atoms with Gasteiger partial charge < -0.3 is 34.5 Å². The average molecular weight is 574 g/mol. The smallest absolute Gasteiger partial charge is 0.256 e. The molecule has 1 fully saturated rings. The lowest BCUT2D eigenvalue weighted by molar-refractivity contribution is -0.110. The second-order valence-corrected chi connectivity index (χ2v) is 10.2. The Labute approximate surface area is 244 Å². The van der Waals surface area contributed by atoms with E-state index in [1.807, 2.05) is 30.3 Å². The number of ether oxygens (including phenoxy) is 3. The molecule has 1 saturated heterocycles. The zero-order chi connectivity index (χ0) is 29.6. The summed E-state index contributed by atoms with van der Waals surface area (Å²) in [6.07, 6.45) is 0.591. The average Bonchev–Trinajstić information content (AvgIpc) is 3.50. The fourth-order valence-corrected chi connectivity index (χ4v) is 5.18. The number of anilines is 1. The number of nitrogens with one attached hydrogen (secondary N) is 2. The Kier molecular flexibility index (Phi) is 9.28. The van der Waals surface area contributed by atoms with Gasteiger partial charge in [0.25, 0.3) is 11.8 Å². The number of fused-ring (bicyclic) bond motifs is 1. The number of rotatable bonds is 5. The second-order valence-electron chi connectivity index (χ2n) is 10.2. The molecule has 2 aromatic carbocycles. The van der Waals surface area contributed by atoms with Gasteiger partial charge in [0.15, 0.2) is 5.78 Å². The molecule has 3 aromatic rings. The van der Waals surface area contributed by atoms with E-state index in [2.05, 4.69) is 10.3 Å². The van der Waals surface area contributed by atoms with Gasteiger partial charge in [0.1, 0.15) is 0 Å². The largest absolute Gasteiger partial charge is 0.389 e. The predicted molar refractivity (Wildman–Crippen MR) is 158 cm³/mol. The standard InChI is InChI=1S/C32H35N3O7/c1-20(36)23-8-9-26-24(18-23)25(31(38)34-26)19-27-28(21(2)37)29(30(33-27)22-6-4-3-5-7-22)32(39)35-10-12-40-14-16-42-17-15-41-13-11-35/h3-9,18-19,21,33,37H,10-17H2,1-2H3,(H,34,38)/b25-19-. The summed E-state index contributed by atoms with van der Waals surface area (Å²) in [5.41, 5.74) is 4.36. The van der Waals surface area contributed by atoms with Crippen LogP contribution in [0.3, 0.4) is 0 Å². The minimum Gasteiger partial charge on any atom is -0.389 e. The number of aliphatic hydroxyl groups is 1. The third-order valence-corrected chi connectivity index (χ3v) is 7.30. The predicted octanol–water partition coefficient (Wildman–Crippen LogP) is 3.94. The number of ketones is 1. The number of amides is 2. The molecule has 10 nitrogen and oxygen atoms in total. The first kappa shape index (κ1) is 29.4. The van der Waals surface area contributed by atoms with Crippen molar-refractivity contribution >= 4 is 34.9 Å². The van der Waals surface area contributed by atoms with Gasteiger partial charge in [-0.2, -0.15) is 0 Å². The van der Waals surface area contributed by atoms with Crippen molar-refractivity contribution in [2.45, 2.75) is 20.0 Å². The van der Waals surface area contributed by atoms with Crippen molar-refractivity contribution in [3.63, 3.8) is 0 Å². The molecule has 2 amide bonds. The number of aliphatic hydroxyl groups excluding tert-OH is 1. The molecule has 1 unspecified atom stereocenters. The van der Waals surface area contributed by atoms with Crippen molar-refractivity contribution in [1.29, 1.82) is 0 Å². The summed E-state index contributed by atoms with van der Waals surface area (Å²) < 4.78 is 16.8. The van der Waals surface area contributed by atoms with Gasteiger partial charge in [0, 0.05) is 41.2 Å². The first-order valence-electron chi connectivity index (χ1n) is 14.1. The highest BCUT2D eigenvalue weighted by Crippen LogP contribution is 2.38. The van der Waals surface area contributed by atoms with Crippen LogP contribution in [-0.4, -0.2) is 85.3 Å². The fraction of sp³-hybridized carbons (Fsp3) is 0.344. The van der Waals surface area contributed by atoms with Crippen LogP contribution < -0.4 is 5.32 Å². The molecule has 0 aliphatic carbocycles. The van der Waals surface area contributed by atoms with Crippen LogP contribution >= 0.6 is 0 Å². The highest BCUT2D eigenvalue weighted by atomic mass is 16.5. The summed E-state index contributed by atoms with van der Waals surface area (Å²) in [5, 5.41) is 13.9. The van der Waals surface area contributed by atoms with Gasteiger partial charge >= 0.3 is 0 Å². The maximum atomic E-state index is 14.3. The maximum absolute atomic E-state index is 14.3. The number of nitrogens with zero attached hydrogens (tertiary/aromatic N) is 1. The maximum Gasteiger partial charge on any atom is 0.256 e. The van der Waals surface area contributed by atoms with Crippen molar-refractivity contribution in [2.24, 2.45) is 0 Å². The van der Waals surface area contributed by atoms with E-state index in [9.17, 15) is 19.5 Å². The lowest BCUT2D eigenvalue weighted by Crippen LogP contribution is -2.38. The number of hydrogen-bond acceptors (Lipinski definition) is 7. The van der Waals surface area contributed by atoms with E-state index in [-0.39, 0.29) is 17.6 Å². The van der Waals surface area contributed by atoms with Crippen molar-refractivity contribution in [2.75, 3.05) is 58.0 Å². The van der Waals surface area contributed by atoms with Gasteiger partial charge in [-0.15, -0.1) is 0 Å². The summed E-state index contributed by atoms with van der Waals surface area (Å²) >= 11 is 0. The van der Waals surface area contributed by atoms with Crippen LogP contribution in [0.15, 0.2) is 48.5 Å². The van der Waals surface area contributed by atoms with Crippen LogP contribution in [0.4, 0.5) is 5.69 Å². The Morgan fingerprint density at radius 1 is 0.952 bits per heavy atom. The third kappa shape index (κ3) is 6.37. The second kappa shape index (κ2) is 13.3. The first-order chi connectivity index (χ1) is 20.3. The van der Waals surface area contributed by atoms with Crippen molar-refractivity contribution in [1.82, 2.24) is 9.88 Å². The third-order valence-electron chi connectivity index (χ3n) is 7.30. The molecule has 220 valence electrons. The Bertz CT molecular complexity index is 1480. The molecule has 42 heavy (non-hydrogen) atoms. The fourth-order valence-electron chi connectivity index (χ4n) is 5.18. The van der Waals surface area contributed by atoms with Crippen LogP contribution in [0.5, 0.6) is 0 Å². The Morgan fingerprint density at radius 3 is 2.21 bits per heavy atom. The van der Waals surface area contributed by atoms with Crippen molar-refractivity contribution < 1.29 is 33.7 Å². The van der Waals surface area contributed by atoms with Crippen molar-refractivity contribution in [3.8, 4) is 11.3 Å². The molecule has 0 saturated carbocycles. The van der Waals surface area contributed by atoms with E-state index in [1.54, 1.807) is 36.1 Å². The molecule has 5 rings (SSSR count). The Balaban J connectivity index is 1.62. The summed E-state index contributed by atoms with van der Waals surface area (Å²) in [5.74, 6) is -0.750. The number of benzene rings is 2. The molecule has 1 aromatic heterocycles. The summed E-state index contributed by atoms with van der Waals surface area (Å²) in [4.78, 5) is 44.4. The molecule has 0 radical (unpaired) electrons. The monoisotopic (exact) mass is 573 g/mol. The first-order valence-corrected chi connectivity index (χ1v) is 14.1. The molecular formula is C32H35N3O7. The van der Waals surface area contributed by atoms with Crippen LogP contribution in [0, 0.1) is 0 Å². The molecule has 3 N–H and O–H groups in total. The number of aromatic nitrogens is 1. The van der Waals surface area contributed by atoms with Crippen molar-refractivity contribution in [3.05, 3.63) is 76.5 Å². The number of carbonyl (C=O) groups excluding carboxylic acids is 3. The molecule has 2 aliphatic heterocycles. The van der Waals surface area contributed by atoms with E-state index in [4.69, 9.17) is 14.2 Å². The van der Waals surface area contributed by atoms with Crippen LogP contribution in [0.2, 0.25) is 0 Å². The summed E-state index contributed by atoms with van der Waals surface area (Å²) in [6, 6.07) is 14.4. The molecule has 10 heteroatoms. The molecule has 2 aliphatic rings. The van der Waals surface area contributed by atoms with Gasteiger partial charge in [-0.05, 0) is 43.7 Å². The van der Waals surface area contributed by atoms with E-state index in [0.717, 1.165) is 5.56 Å². The molecule has 3 heterocycles. The number of H-pyrrole nitrogens is 1. The summed E-state index contributed by atoms with van der Waals surface area (Å²) in [7, 11) is 0. The zero-order valence-electron chi connectivity index (χ0n) is 23.8. The minimum absolute atomic E-state index is 0.119. The topological polar surface area (TPSA) is 130 Å². The number of hydrogen-bond donors (Lipinski definition) is 3. The summed E-state index contributed by atoms with van der Waals surface area (Å²) in [6.45, 7) is 6.05. The van der Waals surface area contributed by atoms with E-state index in [0.29, 0.717) is 97.6 Å². The van der Waals surface area contributed by atoms with Crippen LogP contribution in [0.25, 0.3) is 22.9 Å². The SMILES string of the molecule is CC(=O)c1ccc2c(c1)/C(=C/c1[nH]c(-c3ccccc3)c(C(=O)N3CCOCCOCCOCC3)c1C(C)O)C(=O)N2. The zero-order valence-corrected chi connectivity index (χ0v) is 23.8. The molecule has 0 bridgehead atoms. The Hall–Kier alpha value is -4.09. The normalized spacial score (nSPS) is 18.1. The highest BCUT2D eigenvalue weighted by molar-refractivity contribution is 6.35. The lowest BCUT2D eigenvalue weighted by atomic mass is 9.97. The number of carbonyl (C=O) groups is 3. The van der Waals surface area contributed by atoms with Gasteiger partial charge in [0.05, 0.1) is 62.6 Å². The molecular weight excluding hydrogens is 538 g/mol. The number of aromatic amines is 1. The van der Waals surface area contributed by atoms with Gasteiger partial charge in [-0.25, -0.2) is 0 Å². The quantitative estimate of drug-likeness (QED) is 0.311. The van der Waals surface area contributed by atoms with E-state index < -0.39 is 6.10 Å². The Morgan fingerprint density at radius 2 is 1.60 bits per heavy atom.